The molecule has 1 fully saturated rings. The van der Waals surface area contributed by atoms with Gasteiger partial charge in [0.2, 0.25) is 0 Å². The van der Waals surface area contributed by atoms with Gasteiger partial charge in [-0.05, 0) is 81.7 Å². The van der Waals surface area contributed by atoms with Gasteiger partial charge < -0.3 is 14.4 Å². The predicted octanol–water partition coefficient (Wildman–Crippen LogP) is 13.6. The van der Waals surface area contributed by atoms with E-state index < -0.39 is 8.07 Å². The fourth-order valence-corrected chi connectivity index (χ4v) is 10.0. The SMILES string of the molecule is CC(C)Cc1cc(-c2[c-]cccc2)ncc1[Si](C)(C)C.[Ir].[c-]1ccc2c(oc3cccc(-c4cccc5ccccc45)c32)c1-c1cc(C2CCCCC2)ccn1. The third kappa shape index (κ3) is 8.37. The third-order valence-electron chi connectivity index (χ3n) is 11.1. The summed E-state index contributed by atoms with van der Waals surface area (Å²) < 4.78 is 6.53. The monoisotopic (exact) mass is 927 g/mol. The van der Waals surface area contributed by atoms with Gasteiger partial charge in [-0.2, -0.15) is 0 Å². The van der Waals surface area contributed by atoms with Crippen LogP contribution in [0, 0.1) is 18.1 Å². The Bertz CT molecular complexity index is 2580. The molecule has 0 atom stereocenters. The van der Waals surface area contributed by atoms with Crippen LogP contribution in [0.25, 0.3) is 66.4 Å². The minimum Gasteiger partial charge on any atom is -0.501 e. The maximum absolute atomic E-state index is 6.53. The Morgan fingerprint density at radius 2 is 1.50 bits per heavy atom. The van der Waals surface area contributed by atoms with E-state index in [1.165, 1.54) is 70.3 Å². The van der Waals surface area contributed by atoms with Gasteiger partial charge in [-0.25, -0.2) is 0 Å². The Kier molecular flexibility index (Phi) is 12.2. The van der Waals surface area contributed by atoms with Crippen molar-refractivity contribution in [2.45, 2.75) is 77.9 Å². The molecule has 3 aromatic heterocycles. The molecule has 1 saturated carbocycles. The number of furan rings is 1. The summed E-state index contributed by atoms with van der Waals surface area (Å²) >= 11 is 0. The summed E-state index contributed by atoms with van der Waals surface area (Å²) in [6.07, 6.45) is 11.7. The minimum atomic E-state index is -1.34. The van der Waals surface area contributed by atoms with Gasteiger partial charge in [0, 0.05) is 37.9 Å². The molecule has 8 aromatic rings. The molecule has 0 saturated heterocycles. The van der Waals surface area contributed by atoms with E-state index in [4.69, 9.17) is 9.40 Å². The number of hydrogen-bond acceptors (Lipinski definition) is 3. The molecular weight excluding hydrogens is 877 g/mol. The smallest absolute Gasteiger partial charge is 0.121 e. The zero-order valence-electron chi connectivity index (χ0n) is 33.2. The molecule has 56 heavy (non-hydrogen) atoms. The van der Waals surface area contributed by atoms with Crippen LogP contribution in [0.2, 0.25) is 19.6 Å². The van der Waals surface area contributed by atoms with Crippen molar-refractivity contribution in [1.29, 1.82) is 0 Å². The van der Waals surface area contributed by atoms with E-state index in [2.05, 4.69) is 148 Å². The molecule has 0 bridgehead atoms. The fraction of sp³-hybridized carbons (Fsp3) is 0.255. The molecule has 1 aliphatic carbocycles. The van der Waals surface area contributed by atoms with Gasteiger partial charge in [0.25, 0.3) is 0 Å². The number of fused-ring (bicyclic) bond motifs is 4. The molecule has 0 spiro atoms. The summed E-state index contributed by atoms with van der Waals surface area (Å²) in [4.78, 5) is 9.44. The van der Waals surface area contributed by atoms with Gasteiger partial charge in [-0.15, -0.1) is 54.1 Å². The Balaban J connectivity index is 0.000000197. The van der Waals surface area contributed by atoms with Gasteiger partial charge in [-0.3, -0.25) is 0 Å². The summed E-state index contributed by atoms with van der Waals surface area (Å²) in [5.41, 5.74) is 11.1. The van der Waals surface area contributed by atoms with E-state index in [9.17, 15) is 0 Å². The molecule has 0 amide bonds. The topological polar surface area (TPSA) is 38.9 Å². The Hall–Kier alpha value is -4.67. The number of benzene rings is 5. The van der Waals surface area contributed by atoms with Crippen LogP contribution in [0.5, 0.6) is 0 Å². The van der Waals surface area contributed by atoms with Gasteiger partial charge in [0.15, 0.2) is 0 Å². The molecule has 0 unspecified atom stereocenters. The molecule has 9 rings (SSSR count). The van der Waals surface area contributed by atoms with Gasteiger partial charge in [-0.1, -0.05) is 142 Å². The van der Waals surface area contributed by atoms with E-state index in [0.29, 0.717) is 11.8 Å². The van der Waals surface area contributed by atoms with Crippen LogP contribution in [0.15, 0.2) is 132 Å². The summed E-state index contributed by atoms with van der Waals surface area (Å²) in [5, 5.41) is 6.25. The van der Waals surface area contributed by atoms with Crippen molar-refractivity contribution >= 4 is 46.0 Å². The van der Waals surface area contributed by atoms with Crippen LogP contribution in [0.1, 0.15) is 63.0 Å². The second kappa shape index (κ2) is 17.2. The quantitative estimate of drug-likeness (QED) is 0.118. The van der Waals surface area contributed by atoms with Crippen molar-refractivity contribution < 1.29 is 24.5 Å². The molecule has 3 heterocycles. The molecule has 0 N–H and O–H groups in total. The standard InChI is InChI=1S/C33H26NO.C18H24NSi.Ir/c1-2-9-22(10-3-1)24-19-20-34-30(21-24)28-16-7-17-29-32-27(15-8-18-31(32)35-33(28)29)26-14-6-12-23-11-4-5-13-25(23)26;1-14(2)11-16-12-17(15-9-7-6-8-10-15)19-13-18(16)20(3,4)5;/h4-8,11-15,17-22H,1-3,9-10H2;6-9,12-14H,11H2,1-5H3;/q2*-1;. The molecule has 1 aliphatic rings. The summed E-state index contributed by atoms with van der Waals surface area (Å²) in [7, 11) is -1.34. The van der Waals surface area contributed by atoms with Crippen molar-refractivity contribution in [3.05, 3.63) is 151 Å². The summed E-state index contributed by atoms with van der Waals surface area (Å²) in [6, 6.07) is 47.1. The first-order chi connectivity index (χ1) is 26.7. The van der Waals surface area contributed by atoms with Gasteiger partial charge in [0.05, 0.1) is 13.7 Å². The van der Waals surface area contributed by atoms with E-state index in [1.54, 1.807) is 0 Å². The number of pyridine rings is 2. The maximum atomic E-state index is 6.53. The first-order valence-electron chi connectivity index (χ1n) is 20.0. The van der Waals surface area contributed by atoms with Crippen LogP contribution >= 0.6 is 0 Å². The summed E-state index contributed by atoms with van der Waals surface area (Å²) in [5.74, 6) is 1.30. The Morgan fingerprint density at radius 1 is 0.732 bits per heavy atom. The average Bonchev–Trinajstić information content (AvgIpc) is 3.60. The van der Waals surface area contributed by atoms with Crippen LogP contribution in [-0.4, -0.2) is 18.0 Å². The van der Waals surface area contributed by atoms with E-state index in [1.807, 2.05) is 30.5 Å². The van der Waals surface area contributed by atoms with Crippen LogP contribution in [0.4, 0.5) is 0 Å². The maximum Gasteiger partial charge on any atom is 0.121 e. The largest absolute Gasteiger partial charge is 0.501 e. The van der Waals surface area contributed by atoms with E-state index >= 15 is 0 Å². The van der Waals surface area contributed by atoms with E-state index in [0.717, 1.165) is 50.9 Å². The molecule has 5 aromatic carbocycles. The normalized spacial score (nSPS) is 13.5. The van der Waals surface area contributed by atoms with Crippen molar-refractivity contribution in [2.24, 2.45) is 5.92 Å². The Morgan fingerprint density at radius 3 is 2.29 bits per heavy atom. The number of rotatable bonds is 7. The van der Waals surface area contributed by atoms with Crippen molar-refractivity contribution in [2.75, 3.05) is 0 Å². The third-order valence-corrected chi connectivity index (χ3v) is 13.1. The first-order valence-corrected chi connectivity index (χ1v) is 23.5. The molecule has 1 radical (unpaired) electrons. The number of aromatic nitrogens is 2. The van der Waals surface area contributed by atoms with Crippen LogP contribution in [0.3, 0.4) is 0 Å². The van der Waals surface area contributed by atoms with Gasteiger partial charge in [0.1, 0.15) is 5.58 Å². The molecule has 5 heteroatoms. The zero-order chi connectivity index (χ0) is 37.9. The second-order valence-corrected chi connectivity index (χ2v) is 21.6. The summed E-state index contributed by atoms with van der Waals surface area (Å²) in [6.45, 7) is 11.7. The van der Waals surface area contributed by atoms with Crippen molar-refractivity contribution in [3.8, 4) is 33.6 Å². The number of nitrogens with zero attached hydrogens (tertiary/aromatic N) is 2. The number of hydrogen-bond donors (Lipinski definition) is 0. The van der Waals surface area contributed by atoms with Gasteiger partial charge >= 0.3 is 0 Å². The molecular formula is C51H50IrN2OSi-2. The fourth-order valence-electron chi connectivity index (χ4n) is 8.42. The molecule has 3 nitrogen and oxygen atoms in total. The zero-order valence-corrected chi connectivity index (χ0v) is 36.6. The van der Waals surface area contributed by atoms with Crippen LogP contribution < -0.4 is 5.19 Å². The average molecular weight is 927 g/mol. The predicted molar refractivity (Wildman–Crippen MR) is 235 cm³/mol. The van der Waals surface area contributed by atoms with Crippen LogP contribution in [-0.2, 0) is 26.5 Å². The first kappa shape index (κ1) is 39.6. The van der Waals surface area contributed by atoms with E-state index in [-0.39, 0.29) is 20.1 Å². The van der Waals surface area contributed by atoms with Crippen molar-refractivity contribution in [1.82, 2.24) is 9.97 Å². The molecule has 0 aliphatic heterocycles. The Labute approximate surface area is 347 Å². The van der Waals surface area contributed by atoms with Crippen molar-refractivity contribution in [3.63, 3.8) is 0 Å². The molecule has 285 valence electrons. The second-order valence-electron chi connectivity index (χ2n) is 16.6. The minimum absolute atomic E-state index is 0.